The molecule has 0 fully saturated rings. The van der Waals surface area contributed by atoms with Gasteiger partial charge in [-0.2, -0.15) is 5.10 Å². The second-order valence-corrected chi connectivity index (χ2v) is 4.88. The lowest BCUT2D eigenvalue weighted by molar-refractivity contribution is 0.823. The lowest BCUT2D eigenvalue weighted by Crippen LogP contribution is -1.97. The molecule has 14 heavy (non-hydrogen) atoms. The Labute approximate surface area is 98.9 Å². The molecule has 0 aliphatic rings. The number of nitrogens with zero attached hydrogens (tertiary/aromatic N) is 3. The third kappa shape index (κ3) is 1.60. The summed E-state index contributed by atoms with van der Waals surface area (Å²) in [4.78, 5) is 4.27. The fraction of sp³-hybridized carbons (Fsp3) is 0.250. The Balaban J connectivity index is 2.57. The smallest absolute Gasteiger partial charge is 0.211 e. The predicted octanol–water partition coefficient (Wildman–Crippen LogP) is 3.36. The number of halogens is 2. The summed E-state index contributed by atoms with van der Waals surface area (Å²) in [6, 6.07) is 0. The van der Waals surface area contributed by atoms with Gasteiger partial charge in [-0.05, 0) is 29.8 Å². The van der Waals surface area contributed by atoms with E-state index in [0.29, 0.717) is 5.02 Å². The monoisotopic (exact) mass is 291 g/mol. The molecule has 0 aliphatic carbocycles. The molecule has 0 saturated carbocycles. The molecule has 0 N–H and O–H groups in total. The van der Waals surface area contributed by atoms with Crippen LogP contribution in [0.3, 0.4) is 0 Å². The number of aryl methyl sites for hydroxylation is 1. The number of thiazole rings is 1. The van der Waals surface area contributed by atoms with Crippen molar-refractivity contribution < 1.29 is 0 Å². The molecule has 0 atom stereocenters. The maximum absolute atomic E-state index is 6.04. The van der Waals surface area contributed by atoms with Gasteiger partial charge in [-0.1, -0.05) is 11.6 Å². The van der Waals surface area contributed by atoms with Crippen LogP contribution in [0.4, 0.5) is 0 Å². The average Bonchev–Trinajstić information content (AvgIpc) is 2.66. The summed E-state index contributed by atoms with van der Waals surface area (Å²) in [5, 5.41) is 7.75. The highest BCUT2D eigenvalue weighted by molar-refractivity contribution is 9.10. The van der Waals surface area contributed by atoms with Crippen molar-refractivity contribution in [1.82, 2.24) is 14.8 Å². The summed E-state index contributed by atoms with van der Waals surface area (Å²) in [5.74, 6) is 0. The van der Waals surface area contributed by atoms with Crippen LogP contribution in [-0.2, 0) is 0 Å². The highest BCUT2D eigenvalue weighted by Crippen LogP contribution is 2.25. The van der Waals surface area contributed by atoms with Crippen molar-refractivity contribution in [3.8, 4) is 5.13 Å². The minimum absolute atomic E-state index is 0.705. The van der Waals surface area contributed by atoms with Gasteiger partial charge in [-0.3, -0.25) is 0 Å². The zero-order valence-electron chi connectivity index (χ0n) is 7.58. The van der Waals surface area contributed by atoms with E-state index in [0.717, 1.165) is 21.1 Å². The second-order valence-electron chi connectivity index (χ2n) is 2.85. The Morgan fingerprint density at radius 1 is 1.50 bits per heavy atom. The molecular weight excluding hydrogens is 286 g/mol. The molecule has 0 radical (unpaired) electrons. The Kier molecular flexibility index (Phi) is 2.64. The van der Waals surface area contributed by atoms with Gasteiger partial charge in [-0.15, -0.1) is 11.3 Å². The highest BCUT2D eigenvalue weighted by Gasteiger charge is 2.12. The average molecular weight is 293 g/mol. The van der Waals surface area contributed by atoms with Crippen molar-refractivity contribution in [3.05, 3.63) is 26.4 Å². The van der Waals surface area contributed by atoms with Gasteiger partial charge in [0.15, 0.2) is 0 Å². The van der Waals surface area contributed by atoms with Crippen LogP contribution in [0, 0.1) is 13.8 Å². The number of hydrogen-bond acceptors (Lipinski definition) is 3. The van der Waals surface area contributed by atoms with Gasteiger partial charge >= 0.3 is 0 Å². The summed E-state index contributed by atoms with van der Waals surface area (Å²) in [5.41, 5.74) is 1.75. The van der Waals surface area contributed by atoms with E-state index in [9.17, 15) is 0 Å². The molecule has 74 valence electrons. The maximum atomic E-state index is 6.04. The van der Waals surface area contributed by atoms with Crippen LogP contribution in [0.1, 0.15) is 11.4 Å². The molecule has 2 rings (SSSR count). The lowest BCUT2D eigenvalue weighted by atomic mass is 10.4. The summed E-state index contributed by atoms with van der Waals surface area (Å²) in [7, 11) is 0. The largest absolute Gasteiger partial charge is 0.211 e. The van der Waals surface area contributed by atoms with Gasteiger partial charge in [-0.25, -0.2) is 9.67 Å². The SMILES string of the molecule is Cc1nn(-c2nc(Br)cs2)c(C)c1Cl. The van der Waals surface area contributed by atoms with Gasteiger partial charge in [0.05, 0.1) is 16.4 Å². The minimum atomic E-state index is 0.705. The fourth-order valence-electron chi connectivity index (χ4n) is 1.15. The predicted molar refractivity (Wildman–Crippen MR) is 61.4 cm³/mol. The van der Waals surface area contributed by atoms with Crippen LogP contribution in [0.5, 0.6) is 0 Å². The molecule has 2 heterocycles. The van der Waals surface area contributed by atoms with Crippen LogP contribution in [-0.4, -0.2) is 14.8 Å². The molecule has 2 aromatic rings. The first kappa shape index (κ1) is 10.1. The first-order valence-electron chi connectivity index (χ1n) is 3.92. The first-order valence-corrected chi connectivity index (χ1v) is 5.98. The van der Waals surface area contributed by atoms with Crippen LogP contribution in [0.15, 0.2) is 9.98 Å². The van der Waals surface area contributed by atoms with E-state index in [1.807, 2.05) is 19.2 Å². The van der Waals surface area contributed by atoms with E-state index in [4.69, 9.17) is 11.6 Å². The molecule has 0 saturated heterocycles. The maximum Gasteiger partial charge on any atom is 0.211 e. The van der Waals surface area contributed by atoms with E-state index in [2.05, 4.69) is 26.0 Å². The Bertz CT molecular complexity index is 477. The molecular formula is C8H7BrClN3S. The second kappa shape index (κ2) is 3.64. The quantitative estimate of drug-likeness (QED) is 0.807. The van der Waals surface area contributed by atoms with E-state index in [-0.39, 0.29) is 0 Å². The van der Waals surface area contributed by atoms with Crippen molar-refractivity contribution in [2.75, 3.05) is 0 Å². The molecule has 0 aliphatic heterocycles. The van der Waals surface area contributed by atoms with E-state index in [1.54, 1.807) is 4.68 Å². The zero-order valence-corrected chi connectivity index (χ0v) is 10.7. The van der Waals surface area contributed by atoms with Crippen LogP contribution in [0.25, 0.3) is 5.13 Å². The molecule has 3 nitrogen and oxygen atoms in total. The van der Waals surface area contributed by atoms with E-state index < -0.39 is 0 Å². The topological polar surface area (TPSA) is 30.7 Å². The van der Waals surface area contributed by atoms with Crippen molar-refractivity contribution in [2.24, 2.45) is 0 Å². The van der Waals surface area contributed by atoms with Crippen molar-refractivity contribution in [1.29, 1.82) is 0 Å². The molecule has 0 bridgehead atoms. The van der Waals surface area contributed by atoms with Gasteiger partial charge in [0.2, 0.25) is 5.13 Å². The van der Waals surface area contributed by atoms with Crippen molar-refractivity contribution in [2.45, 2.75) is 13.8 Å². The summed E-state index contributed by atoms with van der Waals surface area (Å²) >= 11 is 10.9. The minimum Gasteiger partial charge on any atom is -0.211 e. The normalized spacial score (nSPS) is 10.9. The zero-order chi connectivity index (χ0) is 10.3. The van der Waals surface area contributed by atoms with Gasteiger partial charge < -0.3 is 0 Å². The molecule has 0 spiro atoms. The summed E-state index contributed by atoms with van der Waals surface area (Å²) in [6.07, 6.45) is 0. The first-order chi connectivity index (χ1) is 6.59. The summed E-state index contributed by atoms with van der Waals surface area (Å²) in [6.45, 7) is 3.81. The molecule has 6 heteroatoms. The van der Waals surface area contributed by atoms with E-state index in [1.165, 1.54) is 11.3 Å². The lowest BCUT2D eigenvalue weighted by Gasteiger charge is -1.96. The third-order valence-corrected chi connectivity index (χ3v) is 3.92. The van der Waals surface area contributed by atoms with Gasteiger partial charge in [0.25, 0.3) is 0 Å². The number of aromatic nitrogens is 3. The van der Waals surface area contributed by atoms with Crippen molar-refractivity contribution >= 4 is 38.9 Å². The fourth-order valence-corrected chi connectivity index (χ4v) is 2.52. The molecule has 0 aromatic carbocycles. The van der Waals surface area contributed by atoms with Crippen molar-refractivity contribution in [3.63, 3.8) is 0 Å². The summed E-state index contributed by atoms with van der Waals surface area (Å²) < 4.78 is 2.58. The standard InChI is InChI=1S/C8H7BrClN3S/c1-4-7(10)5(2)13(12-4)8-11-6(9)3-14-8/h3H,1-2H3. The molecule has 2 aromatic heterocycles. The number of hydrogen-bond donors (Lipinski definition) is 0. The van der Waals surface area contributed by atoms with Gasteiger partial charge in [0.1, 0.15) is 4.60 Å². The Morgan fingerprint density at radius 3 is 2.64 bits per heavy atom. The number of rotatable bonds is 1. The Morgan fingerprint density at radius 2 is 2.21 bits per heavy atom. The van der Waals surface area contributed by atoms with Crippen LogP contribution >= 0.6 is 38.9 Å². The Hall–Kier alpha value is -0.390. The highest BCUT2D eigenvalue weighted by atomic mass is 79.9. The third-order valence-electron chi connectivity index (χ3n) is 1.85. The van der Waals surface area contributed by atoms with Gasteiger partial charge in [0, 0.05) is 5.38 Å². The van der Waals surface area contributed by atoms with E-state index >= 15 is 0 Å². The van der Waals surface area contributed by atoms with Crippen LogP contribution in [0.2, 0.25) is 5.02 Å². The molecule has 0 unspecified atom stereocenters. The van der Waals surface area contributed by atoms with Crippen LogP contribution < -0.4 is 0 Å². The molecule has 0 amide bonds.